The number of nitrogens with one attached hydrogen (secondary N) is 1. The Bertz CT molecular complexity index is 565. The summed E-state index contributed by atoms with van der Waals surface area (Å²) in [5, 5.41) is 4.28. The number of ether oxygens (including phenoxy) is 1. The van der Waals surface area contributed by atoms with Crippen molar-refractivity contribution in [3.05, 3.63) is 58.6 Å². The van der Waals surface area contributed by atoms with Gasteiger partial charge in [-0.05, 0) is 41.8 Å². The van der Waals surface area contributed by atoms with Crippen molar-refractivity contribution in [2.75, 3.05) is 12.4 Å². The minimum Gasteiger partial charge on any atom is -0.497 e. The number of anilines is 1. The fourth-order valence-electron chi connectivity index (χ4n) is 2.36. The predicted octanol–water partition coefficient (Wildman–Crippen LogP) is 4.06. The van der Waals surface area contributed by atoms with Gasteiger partial charge in [0.2, 0.25) is 0 Å². The molecule has 0 aromatic heterocycles. The van der Waals surface area contributed by atoms with Crippen molar-refractivity contribution in [1.29, 1.82) is 0 Å². The summed E-state index contributed by atoms with van der Waals surface area (Å²) in [6.45, 7) is 0. The number of rotatable bonds is 2. The summed E-state index contributed by atoms with van der Waals surface area (Å²) in [4.78, 5) is 0. The zero-order valence-corrected chi connectivity index (χ0v) is 10.9. The Hall–Kier alpha value is -1.67. The molecule has 1 aliphatic heterocycles. The molecular formula is C15H14ClNO. The van der Waals surface area contributed by atoms with Gasteiger partial charge >= 0.3 is 0 Å². The number of methoxy groups -OCH3 is 1. The van der Waals surface area contributed by atoms with E-state index in [4.69, 9.17) is 16.3 Å². The number of fused-ring (bicyclic) bond motifs is 1. The van der Waals surface area contributed by atoms with Crippen LogP contribution in [-0.2, 0) is 6.42 Å². The largest absolute Gasteiger partial charge is 0.497 e. The van der Waals surface area contributed by atoms with E-state index < -0.39 is 0 Å². The molecule has 3 heteroatoms. The highest BCUT2D eigenvalue weighted by atomic mass is 35.5. The Morgan fingerprint density at radius 3 is 2.67 bits per heavy atom. The lowest BCUT2D eigenvalue weighted by molar-refractivity contribution is 0.414. The van der Waals surface area contributed by atoms with Crippen molar-refractivity contribution < 1.29 is 4.74 Å². The standard InChI is InChI=1S/C15H14ClNO/c1-18-13-6-3-10(4-7-13)14-8-11-2-5-12(16)9-15(11)17-14/h2-7,9,14,17H,8H2,1H3. The normalized spacial score (nSPS) is 17.1. The predicted molar refractivity (Wildman–Crippen MR) is 74.5 cm³/mol. The average Bonchev–Trinajstić information content (AvgIpc) is 2.81. The van der Waals surface area contributed by atoms with E-state index in [1.807, 2.05) is 24.3 Å². The molecule has 0 fully saturated rings. The molecule has 1 atom stereocenters. The van der Waals surface area contributed by atoms with Gasteiger partial charge in [0.15, 0.2) is 0 Å². The molecule has 3 rings (SSSR count). The summed E-state index contributed by atoms with van der Waals surface area (Å²) in [5.74, 6) is 0.886. The Labute approximate surface area is 112 Å². The van der Waals surface area contributed by atoms with Gasteiger partial charge in [-0.2, -0.15) is 0 Å². The lowest BCUT2D eigenvalue weighted by Crippen LogP contribution is -2.05. The van der Waals surface area contributed by atoms with Crippen LogP contribution in [0.4, 0.5) is 5.69 Å². The third-order valence-corrected chi connectivity index (χ3v) is 3.58. The van der Waals surface area contributed by atoms with Crippen molar-refractivity contribution >= 4 is 17.3 Å². The maximum Gasteiger partial charge on any atom is 0.118 e. The van der Waals surface area contributed by atoms with Crippen molar-refractivity contribution in [1.82, 2.24) is 0 Å². The van der Waals surface area contributed by atoms with Crippen molar-refractivity contribution in [3.8, 4) is 5.75 Å². The summed E-state index contributed by atoms with van der Waals surface area (Å²) in [5.41, 5.74) is 3.73. The van der Waals surface area contributed by atoms with Crippen molar-refractivity contribution in [2.24, 2.45) is 0 Å². The van der Waals surface area contributed by atoms with Crippen LogP contribution in [-0.4, -0.2) is 7.11 Å². The van der Waals surface area contributed by atoms with Crippen LogP contribution in [0.1, 0.15) is 17.2 Å². The first kappa shape index (κ1) is 11.4. The van der Waals surface area contributed by atoms with Crippen LogP contribution in [0, 0.1) is 0 Å². The molecule has 18 heavy (non-hydrogen) atoms. The number of benzene rings is 2. The first-order valence-electron chi connectivity index (χ1n) is 5.95. The summed E-state index contributed by atoms with van der Waals surface area (Å²) in [6, 6.07) is 14.5. The summed E-state index contributed by atoms with van der Waals surface area (Å²) >= 11 is 6.00. The Balaban J connectivity index is 1.84. The summed E-state index contributed by atoms with van der Waals surface area (Å²) < 4.78 is 5.17. The third kappa shape index (κ3) is 2.04. The molecule has 0 spiro atoms. The molecule has 0 aliphatic carbocycles. The average molecular weight is 260 g/mol. The first-order valence-corrected chi connectivity index (χ1v) is 6.33. The third-order valence-electron chi connectivity index (χ3n) is 3.34. The van der Waals surface area contributed by atoms with E-state index in [-0.39, 0.29) is 0 Å². The molecule has 0 saturated carbocycles. The van der Waals surface area contributed by atoms with Gasteiger partial charge in [-0.3, -0.25) is 0 Å². The molecule has 2 nitrogen and oxygen atoms in total. The SMILES string of the molecule is COc1ccc(C2Cc3ccc(Cl)cc3N2)cc1. The molecule has 0 saturated heterocycles. The molecule has 92 valence electrons. The van der Waals surface area contributed by atoms with E-state index in [0.29, 0.717) is 6.04 Å². The highest BCUT2D eigenvalue weighted by molar-refractivity contribution is 6.30. The maximum atomic E-state index is 6.00. The molecule has 0 bridgehead atoms. The highest BCUT2D eigenvalue weighted by Crippen LogP contribution is 2.35. The van der Waals surface area contributed by atoms with Crippen LogP contribution in [0.25, 0.3) is 0 Å². The molecule has 1 unspecified atom stereocenters. The lowest BCUT2D eigenvalue weighted by Gasteiger charge is -2.12. The fraction of sp³-hybridized carbons (Fsp3) is 0.200. The minimum absolute atomic E-state index is 0.323. The summed E-state index contributed by atoms with van der Waals surface area (Å²) in [6.07, 6.45) is 0.999. The van der Waals surface area contributed by atoms with Gasteiger partial charge < -0.3 is 10.1 Å². The van der Waals surface area contributed by atoms with E-state index in [1.54, 1.807) is 7.11 Å². The molecule has 1 N–H and O–H groups in total. The van der Waals surface area contributed by atoms with E-state index in [1.165, 1.54) is 11.1 Å². The fourth-order valence-corrected chi connectivity index (χ4v) is 2.53. The Morgan fingerprint density at radius 2 is 1.94 bits per heavy atom. The van der Waals surface area contributed by atoms with E-state index >= 15 is 0 Å². The van der Waals surface area contributed by atoms with Gasteiger partial charge in [0.1, 0.15) is 5.75 Å². The highest BCUT2D eigenvalue weighted by Gasteiger charge is 2.21. The molecular weight excluding hydrogens is 246 g/mol. The maximum absolute atomic E-state index is 6.00. The molecule has 1 heterocycles. The second-order valence-corrected chi connectivity index (χ2v) is 4.91. The Morgan fingerprint density at radius 1 is 1.17 bits per heavy atom. The van der Waals surface area contributed by atoms with Gasteiger partial charge in [-0.15, -0.1) is 0 Å². The monoisotopic (exact) mass is 259 g/mol. The zero-order valence-electron chi connectivity index (χ0n) is 10.1. The molecule has 2 aromatic rings. The number of hydrogen-bond acceptors (Lipinski definition) is 2. The van der Waals surface area contributed by atoms with E-state index in [0.717, 1.165) is 22.9 Å². The van der Waals surface area contributed by atoms with Crippen LogP contribution in [0.2, 0.25) is 5.02 Å². The smallest absolute Gasteiger partial charge is 0.118 e. The van der Waals surface area contributed by atoms with Gasteiger partial charge in [0, 0.05) is 10.7 Å². The van der Waals surface area contributed by atoms with Gasteiger partial charge in [0.05, 0.1) is 13.2 Å². The number of halogens is 1. The van der Waals surface area contributed by atoms with Gasteiger partial charge in [-0.1, -0.05) is 29.8 Å². The summed E-state index contributed by atoms with van der Waals surface area (Å²) in [7, 11) is 1.68. The molecule has 0 amide bonds. The van der Waals surface area contributed by atoms with Crippen molar-refractivity contribution in [2.45, 2.75) is 12.5 Å². The first-order chi connectivity index (χ1) is 8.76. The van der Waals surface area contributed by atoms with Crippen LogP contribution >= 0.6 is 11.6 Å². The second-order valence-electron chi connectivity index (χ2n) is 4.48. The lowest BCUT2D eigenvalue weighted by atomic mass is 10.0. The van der Waals surface area contributed by atoms with Crippen molar-refractivity contribution in [3.63, 3.8) is 0 Å². The quantitative estimate of drug-likeness (QED) is 0.878. The van der Waals surface area contributed by atoms with E-state index in [9.17, 15) is 0 Å². The van der Waals surface area contributed by atoms with Crippen LogP contribution < -0.4 is 10.1 Å². The molecule has 1 aliphatic rings. The van der Waals surface area contributed by atoms with Gasteiger partial charge in [-0.25, -0.2) is 0 Å². The molecule has 0 radical (unpaired) electrons. The number of hydrogen-bond donors (Lipinski definition) is 1. The Kier molecular flexibility index (Phi) is 2.88. The molecule has 2 aromatic carbocycles. The van der Waals surface area contributed by atoms with E-state index in [2.05, 4.69) is 23.5 Å². The van der Waals surface area contributed by atoms with Gasteiger partial charge in [0.25, 0.3) is 0 Å². The minimum atomic E-state index is 0.323. The zero-order chi connectivity index (χ0) is 12.5. The van der Waals surface area contributed by atoms with Crippen LogP contribution in [0.5, 0.6) is 5.75 Å². The van der Waals surface area contributed by atoms with Crippen LogP contribution in [0.3, 0.4) is 0 Å². The van der Waals surface area contributed by atoms with Crippen LogP contribution in [0.15, 0.2) is 42.5 Å². The topological polar surface area (TPSA) is 21.3 Å². The second kappa shape index (κ2) is 4.54.